The summed E-state index contributed by atoms with van der Waals surface area (Å²) in [6.07, 6.45) is 4.41. The number of aromatic nitrogens is 1. The lowest BCUT2D eigenvalue weighted by Crippen LogP contribution is -2.50. The molecule has 2 aromatic rings. The van der Waals surface area contributed by atoms with Crippen LogP contribution in [0.15, 0.2) is 24.4 Å². The van der Waals surface area contributed by atoms with E-state index in [0.29, 0.717) is 16.5 Å². The van der Waals surface area contributed by atoms with Gasteiger partial charge in [0.25, 0.3) is 5.91 Å². The molecule has 1 N–H and O–H groups in total. The van der Waals surface area contributed by atoms with Gasteiger partial charge in [0.2, 0.25) is 5.91 Å². The maximum atomic E-state index is 12.8. The Bertz CT molecular complexity index is 1020. The molecule has 33 heavy (non-hydrogen) atoms. The van der Waals surface area contributed by atoms with Crippen molar-refractivity contribution in [1.82, 2.24) is 20.1 Å². The van der Waals surface area contributed by atoms with Crippen LogP contribution in [-0.2, 0) is 4.79 Å². The average Bonchev–Trinajstić information content (AvgIpc) is 2.79. The summed E-state index contributed by atoms with van der Waals surface area (Å²) in [6, 6.07) is 4.39. The van der Waals surface area contributed by atoms with Crippen molar-refractivity contribution >= 4 is 34.3 Å². The maximum Gasteiger partial charge on any atom is 0.387 e. The lowest BCUT2D eigenvalue weighted by Gasteiger charge is -2.36. The zero-order chi connectivity index (χ0) is 23.5. The number of hydrogen-bond acceptors (Lipinski definition) is 5. The molecule has 0 atom stereocenters. The van der Waals surface area contributed by atoms with E-state index in [4.69, 9.17) is 11.6 Å². The summed E-state index contributed by atoms with van der Waals surface area (Å²) in [5, 5.41) is 3.60. The Morgan fingerprint density at radius 3 is 2.48 bits per heavy atom. The molecule has 0 spiro atoms. The number of pyridine rings is 1. The smallest absolute Gasteiger partial charge is 0.387 e. The molecule has 10 heteroatoms. The molecule has 1 aliphatic heterocycles. The van der Waals surface area contributed by atoms with Crippen LogP contribution in [0.25, 0.3) is 10.9 Å². The van der Waals surface area contributed by atoms with Gasteiger partial charge >= 0.3 is 6.61 Å². The number of likely N-dealkylation sites (N-methyl/N-ethyl adjacent to an activating group) is 1. The van der Waals surface area contributed by atoms with Gasteiger partial charge in [0.1, 0.15) is 5.75 Å². The van der Waals surface area contributed by atoms with Gasteiger partial charge in [-0.05, 0) is 44.9 Å². The van der Waals surface area contributed by atoms with Gasteiger partial charge in [-0.3, -0.25) is 14.6 Å². The molecule has 2 heterocycles. The van der Waals surface area contributed by atoms with Crippen LogP contribution < -0.4 is 10.1 Å². The van der Waals surface area contributed by atoms with E-state index in [1.54, 1.807) is 6.07 Å². The second kappa shape index (κ2) is 10.2. The Hall–Kier alpha value is -2.52. The van der Waals surface area contributed by atoms with Crippen molar-refractivity contribution in [2.45, 2.75) is 38.3 Å². The highest BCUT2D eigenvalue weighted by Crippen LogP contribution is 2.31. The van der Waals surface area contributed by atoms with Crippen LogP contribution in [-0.4, -0.2) is 72.5 Å². The van der Waals surface area contributed by atoms with E-state index in [2.05, 4.69) is 27.0 Å². The highest BCUT2D eigenvalue weighted by molar-refractivity contribution is 6.32. The molecule has 1 aromatic heterocycles. The van der Waals surface area contributed by atoms with Gasteiger partial charge in [0, 0.05) is 55.8 Å². The molecular formula is C23H27ClF2N4O3. The Morgan fingerprint density at radius 2 is 1.82 bits per heavy atom. The molecule has 7 nitrogen and oxygen atoms in total. The monoisotopic (exact) mass is 480 g/mol. The standard InChI is InChI=1S/C23H27ClF2N4O3/c1-29-6-8-30(9-7-29)22(32)14-2-4-17(5-3-14)28-21(31)16-10-15-11-18(24)20(33-23(25)26)12-19(15)27-13-16/h10-14,17,23H,2-9H2,1H3,(H,28,31). The number of benzene rings is 1. The SMILES string of the molecule is CN1CCN(C(=O)C2CCC(NC(=O)c3cnc4cc(OC(F)F)c(Cl)cc4c3)CC2)CC1. The van der Waals surface area contributed by atoms with Crippen LogP contribution in [0.4, 0.5) is 8.78 Å². The molecule has 1 aliphatic carbocycles. The normalized spacial score (nSPS) is 21.9. The first-order chi connectivity index (χ1) is 15.8. The zero-order valence-electron chi connectivity index (χ0n) is 18.4. The Labute approximate surface area is 196 Å². The molecule has 4 rings (SSSR count). The van der Waals surface area contributed by atoms with Gasteiger partial charge in [0.15, 0.2) is 0 Å². The number of halogens is 3. The van der Waals surface area contributed by atoms with Crippen molar-refractivity contribution in [2.75, 3.05) is 33.2 Å². The van der Waals surface area contributed by atoms with Crippen molar-refractivity contribution in [3.63, 3.8) is 0 Å². The Kier molecular flexibility index (Phi) is 7.29. The summed E-state index contributed by atoms with van der Waals surface area (Å²) >= 11 is 6.02. The van der Waals surface area contributed by atoms with Crippen LogP contribution in [0.5, 0.6) is 5.75 Å². The van der Waals surface area contributed by atoms with Crippen molar-refractivity contribution in [3.8, 4) is 5.75 Å². The third-order valence-electron chi connectivity index (χ3n) is 6.44. The third kappa shape index (κ3) is 5.70. The number of amides is 2. The fraction of sp³-hybridized carbons (Fsp3) is 0.522. The van der Waals surface area contributed by atoms with Crippen LogP contribution in [0.1, 0.15) is 36.0 Å². The van der Waals surface area contributed by atoms with Crippen LogP contribution in [0.3, 0.4) is 0 Å². The predicted molar refractivity (Wildman–Crippen MR) is 121 cm³/mol. The number of alkyl halides is 2. The third-order valence-corrected chi connectivity index (χ3v) is 6.74. The lowest BCUT2D eigenvalue weighted by molar-refractivity contribution is -0.138. The summed E-state index contributed by atoms with van der Waals surface area (Å²) in [7, 11) is 2.06. The number of fused-ring (bicyclic) bond motifs is 1. The molecule has 1 saturated heterocycles. The van der Waals surface area contributed by atoms with Gasteiger partial charge in [-0.2, -0.15) is 8.78 Å². The zero-order valence-corrected chi connectivity index (χ0v) is 19.2. The van der Waals surface area contributed by atoms with Gasteiger partial charge in [-0.25, -0.2) is 0 Å². The van der Waals surface area contributed by atoms with Crippen molar-refractivity contribution in [2.24, 2.45) is 5.92 Å². The van der Waals surface area contributed by atoms with E-state index >= 15 is 0 Å². The molecule has 0 unspecified atom stereocenters. The van der Waals surface area contributed by atoms with Gasteiger partial charge < -0.3 is 19.9 Å². The van der Waals surface area contributed by atoms with Crippen molar-refractivity contribution < 1.29 is 23.1 Å². The van der Waals surface area contributed by atoms with Crippen LogP contribution in [0, 0.1) is 5.92 Å². The molecule has 2 aliphatic rings. The minimum absolute atomic E-state index is 0.00450. The van der Waals surface area contributed by atoms with Crippen LogP contribution in [0.2, 0.25) is 5.02 Å². The Balaban J connectivity index is 1.33. The molecule has 2 fully saturated rings. The molecule has 0 radical (unpaired) electrons. The second-order valence-corrected chi connectivity index (χ2v) is 9.14. The highest BCUT2D eigenvalue weighted by atomic mass is 35.5. The van der Waals surface area contributed by atoms with Gasteiger partial charge in [-0.1, -0.05) is 11.6 Å². The van der Waals surface area contributed by atoms with E-state index in [1.165, 1.54) is 18.3 Å². The fourth-order valence-electron chi connectivity index (χ4n) is 4.48. The first-order valence-electron chi connectivity index (χ1n) is 11.1. The molecule has 1 aromatic carbocycles. The number of nitrogens with zero attached hydrogens (tertiary/aromatic N) is 3. The topological polar surface area (TPSA) is 74.8 Å². The summed E-state index contributed by atoms with van der Waals surface area (Å²) < 4.78 is 29.4. The minimum Gasteiger partial charge on any atom is -0.433 e. The highest BCUT2D eigenvalue weighted by Gasteiger charge is 2.31. The molecule has 0 bridgehead atoms. The molecule has 2 amide bonds. The summed E-state index contributed by atoms with van der Waals surface area (Å²) in [5.41, 5.74) is 0.756. The second-order valence-electron chi connectivity index (χ2n) is 8.73. The van der Waals surface area contributed by atoms with Crippen molar-refractivity contribution in [1.29, 1.82) is 0 Å². The Morgan fingerprint density at radius 1 is 1.12 bits per heavy atom. The number of hydrogen-bond donors (Lipinski definition) is 1. The quantitative estimate of drug-likeness (QED) is 0.708. The van der Waals surface area contributed by atoms with E-state index in [9.17, 15) is 18.4 Å². The van der Waals surface area contributed by atoms with E-state index < -0.39 is 6.61 Å². The van der Waals surface area contributed by atoms with Crippen LogP contribution >= 0.6 is 11.6 Å². The fourth-order valence-corrected chi connectivity index (χ4v) is 4.69. The summed E-state index contributed by atoms with van der Waals surface area (Å²) in [4.78, 5) is 33.9. The van der Waals surface area contributed by atoms with E-state index in [0.717, 1.165) is 51.9 Å². The first kappa shape index (κ1) is 23.6. The van der Waals surface area contributed by atoms with Crippen molar-refractivity contribution in [3.05, 3.63) is 35.0 Å². The lowest BCUT2D eigenvalue weighted by atomic mass is 9.85. The largest absolute Gasteiger partial charge is 0.433 e. The van der Waals surface area contributed by atoms with E-state index in [-0.39, 0.29) is 34.5 Å². The summed E-state index contributed by atoms with van der Waals surface area (Å²) in [6.45, 7) is 0.379. The number of carbonyl (C=O) groups is 2. The van der Waals surface area contributed by atoms with E-state index in [1.807, 2.05) is 4.90 Å². The van der Waals surface area contributed by atoms with Gasteiger partial charge in [0.05, 0.1) is 16.1 Å². The predicted octanol–water partition coefficient (Wildman–Crippen LogP) is 3.55. The minimum atomic E-state index is -2.99. The summed E-state index contributed by atoms with van der Waals surface area (Å²) in [5.74, 6) is -0.164. The number of ether oxygens (including phenoxy) is 1. The maximum absolute atomic E-state index is 12.8. The average molecular weight is 481 g/mol. The number of nitrogens with one attached hydrogen (secondary N) is 1. The first-order valence-corrected chi connectivity index (χ1v) is 11.5. The number of carbonyl (C=O) groups excluding carboxylic acids is 2. The molecule has 178 valence electrons. The number of rotatable bonds is 5. The number of piperazine rings is 1. The molecular weight excluding hydrogens is 454 g/mol. The molecule has 1 saturated carbocycles. The van der Waals surface area contributed by atoms with Gasteiger partial charge in [-0.15, -0.1) is 0 Å².